The smallest absolute Gasteiger partial charge is 0.156 e. The van der Waals surface area contributed by atoms with Gasteiger partial charge in [-0.3, -0.25) is 0 Å². The molecule has 0 fully saturated rings. The van der Waals surface area contributed by atoms with E-state index in [0.29, 0.717) is 5.02 Å². The Morgan fingerprint density at radius 3 is 2.52 bits per heavy atom. The Morgan fingerprint density at radius 1 is 0.857 bits per heavy atom. The highest BCUT2D eigenvalue weighted by molar-refractivity contribution is 6.39. The van der Waals surface area contributed by atoms with Crippen molar-refractivity contribution in [2.75, 3.05) is 0 Å². The fourth-order valence-electron chi connectivity index (χ4n) is 3.16. The summed E-state index contributed by atoms with van der Waals surface area (Å²) in [7, 11) is 0. The number of aromatic nitrogens is 1. The number of hydrogen-bond donors (Lipinski definition) is 1. The standard InChI is InChI=1S/C18H10ClNO/c19-13-9-12-10-5-1-3-7-14(10)20-17(12)16-11-6-2-4-8-15(11)21-18(13)16/h1-9,20H. The first kappa shape index (κ1) is 11.2. The lowest BCUT2D eigenvalue weighted by Crippen LogP contribution is -1.73. The van der Waals surface area contributed by atoms with Crippen molar-refractivity contribution in [1.82, 2.24) is 4.98 Å². The maximum Gasteiger partial charge on any atom is 0.156 e. The average molecular weight is 292 g/mol. The Labute approximate surface area is 124 Å². The molecule has 0 unspecified atom stereocenters. The predicted molar refractivity (Wildman–Crippen MR) is 88.1 cm³/mol. The summed E-state index contributed by atoms with van der Waals surface area (Å²) in [6, 6.07) is 18.3. The van der Waals surface area contributed by atoms with Gasteiger partial charge in [0.15, 0.2) is 5.58 Å². The van der Waals surface area contributed by atoms with E-state index in [9.17, 15) is 0 Å². The predicted octanol–water partition coefficient (Wildman–Crippen LogP) is 5.87. The molecule has 0 saturated heterocycles. The second-order valence-electron chi connectivity index (χ2n) is 5.25. The highest BCUT2D eigenvalue weighted by Crippen LogP contribution is 2.40. The molecule has 3 aromatic carbocycles. The number of aromatic amines is 1. The molecule has 0 aliphatic carbocycles. The van der Waals surface area contributed by atoms with E-state index in [1.54, 1.807) is 0 Å². The summed E-state index contributed by atoms with van der Waals surface area (Å²) in [4.78, 5) is 3.51. The van der Waals surface area contributed by atoms with Crippen molar-refractivity contribution in [2.24, 2.45) is 0 Å². The van der Waals surface area contributed by atoms with Gasteiger partial charge in [0.2, 0.25) is 0 Å². The second kappa shape index (κ2) is 3.80. The van der Waals surface area contributed by atoms with Crippen molar-refractivity contribution >= 4 is 55.3 Å². The Bertz CT molecular complexity index is 1150. The van der Waals surface area contributed by atoms with Crippen LogP contribution in [0.1, 0.15) is 0 Å². The third-order valence-corrected chi connectivity index (χ3v) is 4.36. The van der Waals surface area contributed by atoms with E-state index in [1.807, 2.05) is 36.4 Å². The number of benzene rings is 3. The molecule has 0 radical (unpaired) electrons. The molecule has 2 nitrogen and oxygen atoms in total. The number of hydrogen-bond acceptors (Lipinski definition) is 1. The summed E-state index contributed by atoms with van der Waals surface area (Å²) in [6.07, 6.45) is 0. The van der Waals surface area contributed by atoms with Gasteiger partial charge in [-0.2, -0.15) is 0 Å². The van der Waals surface area contributed by atoms with E-state index in [1.165, 1.54) is 5.39 Å². The molecule has 100 valence electrons. The molecule has 0 spiro atoms. The SMILES string of the molecule is Clc1cc2c3ccccc3[nH]c2c2c1oc1ccccc12. The molecule has 0 atom stereocenters. The molecule has 2 heterocycles. The molecule has 0 saturated carbocycles. The van der Waals surface area contributed by atoms with Gasteiger partial charge in [0.1, 0.15) is 5.58 Å². The summed E-state index contributed by atoms with van der Waals surface area (Å²) in [5.41, 5.74) is 3.80. The zero-order valence-electron chi connectivity index (χ0n) is 11.0. The van der Waals surface area contributed by atoms with Crippen LogP contribution in [-0.4, -0.2) is 4.98 Å². The van der Waals surface area contributed by atoms with Crippen molar-refractivity contribution in [3.05, 3.63) is 59.6 Å². The Kier molecular flexibility index (Phi) is 2.04. The van der Waals surface area contributed by atoms with Gasteiger partial charge in [-0.15, -0.1) is 0 Å². The van der Waals surface area contributed by atoms with Crippen LogP contribution < -0.4 is 0 Å². The highest BCUT2D eigenvalue weighted by Gasteiger charge is 2.16. The summed E-state index contributed by atoms with van der Waals surface area (Å²) < 4.78 is 5.94. The molecule has 0 aliphatic heterocycles. The molecule has 2 aromatic heterocycles. The first-order valence-corrected chi connectivity index (χ1v) is 7.21. The largest absolute Gasteiger partial charge is 0.454 e. The van der Waals surface area contributed by atoms with Crippen LogP contribution in [0.4, 0.5) is 0 Å². The van der Waals surface area contributed by atoms with Gasteiger partial charge in [-0.1, -0.05) is 48.0 Å². The molecule has 0 amide bonds. The molecule has 1 N–H and O–H groups in total. The fourth-order valence-corrected chi connectivity index (χ4v) is 3.41. The molecule has 0 aliphatic rings. The van der Waals surface area contributed by atoms with Crippen molar-refractivity contribution in [3.8, 4) is 0 Å². The van der Waals surface area contributed by atoms with Gasteiger partial charge in [0.05, 0.1) is 15.9 Å². The van der Waals surface area contributed by atoms with Gasteiger partial charge >= 0.3 is 0 Å². The number of rotatable bonds is 0. The molecule has 21 heavy (non-hydrogen) atoms. The molecule has 3 heteroatoms. The van der Waals surface area contributed by atoms with E-state index in [0.717, 1.165) is 38.4 Å². The van der Waals surface area contributed by atoms with Crippen LogP contribution in [0.3, 0.4) is 0 Å². The first-order chi connectivity index (χ1) is 10.3. The van der Waals surface area contributed by atoms with Gasteiger partial charge in [-0.25, -0.2) is 0 Å². The van der Waals surface area contributed by atoms with Crippen molar-refractivity contribution in [3.63, 3.8) is 0 Å². The zero-order valence-corrected chi connectivity index (χ0v) is 11.7. The van der Waals surface area contributed by atoms with Crippen molar-refractivity contribution in [2.45, 2.75) is 0 Å². The van der Waals surface area contributed by atoms with E-state index in [2.05, 4.69) is 23.2 Å². The Balaban J connectivity index is 2.17. The van der Waals surface area contributed by atoms with Gasteiger partial charge in [0.25, 0.3) is 0 Å². The lowest BCUT2D eigenvalue weighted by atomic mass is 10.1. The maximum atomic E-state index is 6.46. The maximum absolute atomic E-state index is 6.46. The third kappa shape index (κ3) is 1.38. The highest BCUT2D eigenvalue weighted by atomic mass is 35.5. The van der Waals surface area contributed by atoms with E-state index >= 15 is 0 Å². The van der Waals surface area contributed by atoms with E-state index in [-0.39, 0.29) is 0 Å². The molecule has 5 aromatic rings. The third-order valence-electron chi connectivity index (χ3n) is 4.08. The Hall–Kier alpha value is -2.45. The molecular weight excluding hydrogens is 282 g/mol. The molecular formula is C18H10ClNO. The zero-order chi connectivity index (χ0) is 14.0. The van der Waals surface area contributed by atoms with Crippen LogP contribution in [0, 0.1) is 0 Å². The lowest BCUT2D eigenvalue weighted by molar-refractivity contribution is 0.669. The van der Waals surface area contributed by atoms with Crippen LogP contribution in [-0.2, 0) is 0 Å². The quantitative estimate of drug-likeness (QED) is 0.379. The number of halogens is 1. The van der Waals surface area contributed by atoms with Gasteiger partial charge in [0, 0.05) is 21.7 Å². The van der Waals surface area contributed by atoms with Gasteiger partial charge in [-0.05, 0) is 18.2 Å². The summed E-state index contributed by atoms with van der Waals surface area (Å²) in [6.45, 7) is 0. The van der Waals surface area contributed by atoms with E-state index in [4.69, 9.17) is 16.0 Å². The average Bonchev–Trinajstić information content (AvgIpc) is 3.06. The summed E-state index contributed by atoms with van der Waals surface area (Å²) >= 11 is 6.46. The fraction of sp³-hybridized carbons (Fsp3) is 0. The van der Waals surface area contributed by atoms with E-state index < -0.39 is 0 Å². The topological polar surface area (TPSA) is 28.9 Å². The van der Waals surface area contributed by atoms with Crippen LogP contribution in [0.15, 0.2) is 59.0 Å². The molecule has 5 rings (SSSR count). The monoisotopic (exact) mass is 291 g/mol. The number of fused-ring (bicyclic) bond motifs is 7. The number of para-hydroxylation sites is 2. The van der Waals surface area contributed by atoms with Gasteiger partial charge < -0.3 is 9.40 Å². The minimum absolute atomic E-state index is 0.651. The first-order valence-electron chi connectivity index (χ1n) is 6.83. The van der Waals surface area contributed by atoms with Crippen molar-refractivity contribution in [1.29, 1.82) is 0 Å². The summed E-state index contributed by atoms with van der Waals surface area (Å²) in [5, 5.41) is 5.12. The number of nitrogens with one attached hydrogen (secondary N) is 1. The second-order valence-corrected chi connectivity index (χ2v) is 5.66. The lowest BCUT2D eigenvalue weighted by Gasteiger charge is -1.96. The summed E-state index contributed by atoms with van der Waals surface area (Å²) in [5.74, 6) is 0. The van der Waals surface area contributed by atoms with Crippen LogP contribution in [0.2, 0.25) is 5.02 Å². The number of furan rings is 1. The Morgan fingerprint density at radius 2 is 1.62 bits per heavy atom. The number of H-pyrrole nitrogens is 1. The normalized spacial score (nSPS) is 12.0. The molecule has 0 bridgehead atoms. The minimum Gasteiger partial charge on any atom is -0.454 e. The van der Waals surface area contributed by atoms with Crippen LogP contribution in [0.5, 0.6) is 0 Å². The van der Waals surface area contributed by atoms with Crippen LogP contribution >= 0.6 is 11.6 Å². The van der Waals surface area contributed by atoms with Crippen LogP contribution in [0.25, 0.3) is 43.7 Å². The van der Waals surface area contributed by atoms with Crippen molar-refractivity contribution < 1.29 is 4.42 Å². The minimum atomic E-state index is 0.651.